The SMILES string of the molecule is CC1CC(c2cc[c]cc2)CC(C)(C)C1. The molecule has 0 aliphatic heterocycles. The molecule has 0 aromatic heterocycles. The normalized spacial score (nSPS) is 30.1. The maximum absolute atomic E-state index is 3.10. The van der Waals surface area contributed by atoms with E-state index in [9.17, 15) is 0 Å². The summed E-state index contributed by atoms with van der Waals surface area (Å²) in [7, 11) is 0. The highest BCUT2D eigenvalue weighted by molar-refractivity contribution is 5.20. The molecular formula is C15H21. The molecule has 1 aliphatic carbocycles. The van der Waals surface area contributed by atoms with Crippen molar-refractivity contribution in [3.63, 3.8) is 0 Å². The lowest BCUT2D eigenvalue weighted by molar-refractivity contribution is 0.168. The summed E-state index contributed by atoms with van der Waals surface area (Å²) in [5.41, 5.74) is 2.02. The molecule has 15 heavy (non-hydrogen) atoms. The fraction of sp³-hybridized carbons (Fsp3) is 0.600. The van der Waals surface area contributed by atoms with Crippen molar-refractivity contribution in [2.75, 3.05) is 0 Å². The molecule has 2 unspecified atom stereocenters. The number of hydrogen-bond donors (Lipinski definition) is 0. The first-order chi connectivity index (χ1) is 7.07. The largest absolute Gasteiger partial charge is 0.0625 e. The van der Waals surface area contributed by atoms with Crippen LogP contribution in [0.15, 0.2) is 24.3 Å². The van der Waals surface area contributed by atoms with Crippen LogP contribution in [-0.2, 0) is 0 Å². The molecule has 2 rings (SSSR count). The Kier molecular flexibility index (Phi) is 2.86. The molecule has 0 N–H and O–H groups in total. The van der Waals surface area contributed by atoms with Gasteiger partial charge in [0, 0.05) is 0 Å². The summed E-state index contributed by atoms with van der Waals surface area (Å²) in [6, 6.07) is 11.7. The van der Waals surface area contributed by atoms with Crippen LogP contribution in [0.5, 0.6) is 0 Å². The van der Waals surface area contributed by atoms with Crippen molar-refractivity contribution in [1.82, 2.24) is 0 Å². The zero-order valence-electron chi connectivity index (χ0n) is 10.1. The van der Waals surface area contributed by atoms with Gasteiger partial charge in [-0.1, -0.05) is 45.0 Å². The van der Waals surface area contributed by atoms with E-state index in [1.54, 1.807) is 0 Å². The molecule has 0 amide bonds. The summed E-state index contributed by atoms with van der Waals surface area (Å²) >= 11 is 0. The lowest BCUT2D eigenvalue weighted by Gasteiger charge is -2.39. The van der Waals surface area contributed by atoms with E-state index >= 15 is 0 Å². The standard InChI is InChI=1S/C15H21/c1-12-9-14(11-15(2,3)10-12)13-7-5-4-6-8-13/h5-8,12,14H,9-11H2,1-3H3. The third-order valence-corrected chi connectivity index (χ3v) is 3.60. The molecular weight excluding hydrogens is 180 g/mol. The van der Waals surface area contributed by atoms with Gasteiger partial charge < -0.3 is 0 Å². The van der Waals surface area contributed by atoms with Crippen LogP contribution < -0.4 is 0 Å². The van der Waals surface area contributed by atoms with Crippen LogP contribution in [0.1, 0.15) is 51.5 Å². The highest BCUT2D eigenvalue weighted by Crippen LogP contribution is 2.45. The van der Waals surface area contributed by atoms with Crippen molar-refractivity contribution < 1.29 is 0 Å². The molecule has 1 saturated carbocycles. The van der Waals surface area contributed by atoms with E-state index < -0.39 is 0 Å². The molecule has 0 bridgehead atoms. The summed E-state index contributed by atoms with van der Waals surface area (Å²) in [5.74, 6) is 1.63. The monoisotopic (exact) mass is 201 g/mol. The Bertz CT molecular complexity index is 310. The van der Waals surface area contributed by atoms with E-state index in [0.717, 1.165) is 11.8 Å². The molecule has 0 heterocycles. The average Bonchev–Trinajstić information content (AvgIpc) is 2.16. The molecule has 1 aromatic carbocycles. The first kappa shape index (κ1) is 10.7. The Morgan fingerprint density at radius 1 is 1.20 bits per heavy atom. The highest BCUT2D eigenvalue weighted by Gasteiger charge is 2.32. The first-order valence-electron chi connectivity index (χ1n) is 6.03. The topological polar surface area (TPSA) is 0 Å². The van der Waals surface area contributed by atoms with Gasteiger partial charge in [-0.3, -0.25) is 0 Å². The quantitative estimate of drug-likeness (QED) is 0.631. The summed E-state index contributed by atoms with van der Waals surface area (Å²) in [5, 5.41) is 0. The number of benzene rings is 1. The fourth-order valence-electron chi connectivity index (χ4n) is 3.27. The Balaban J connectivity index is 2.17. The van der Waals surface area contributed by atoms with Gasteiger partial charge in [0.05, 0.1) is 0 Å². The van der Waals surface area contributed by atoms with Gasteiger partial charge in [0.2, 0.25) is 0 Å². The summed E-state index contributed by atoms with van der Waals surface area (Å²) in [6.45, 7) is 7.21. The molecule has 0 nitrogen and oxygen atoms in total. The van der Waals surface area contributed by atoms with Gasteiger partial charge in [0.25, 0.3) is 0 Å². The van der Waals surface area contributed by atoms with Gasteiger partial charge in [0.15, 0.2) is 0 Å². The molecule has 0 spiro atoms. The average molecular weight is 201 g/mol. The molecule has 1 aromatic rings. The second-order valence-electron chi connectivity index (χ2n) is 5.94. The minimum atomic E-state index is 0.516. The van der Waals surface area contributed by atoms with Gasteiger partial charge in [-0.2, -0.15) is 0 Å². The Morgan fingerprint density at radius 2 is 1.87 bits per heavy atom. The summed E-state index contributed by atoms with van der Waals surface area (Å²) < 4.78 is 0. The zero-order valence-corrected chi connectivity index (χ0v) is 10.1. The third kappa shape index (κ3) is 2.62. The minimum absolute atomic E-state index is 0.516. The minimum Gasteiger partial charge on any atom is -0.0625 e. The Hall–Kier alpha value is -0.780. The van der Waals surface area contributed by atoms with Gasteiger partial charge in [-0.15, -0.1) is 0 Å². The van der Waals surface area contributed by atoms with Gasteiger partial charge in [-0.05, 0) is 48.1 Å². The molecule has 81 valence electrons. The van der Waals surface area contributed by atoms with Crippen molar-refractivity contribution in [2.45, 2.75) is 46.0 Å². The Labute approximate surface area is 93.7 Å². The van der Waals surface area contributed by atoms with Crippen LogP contribution >= 0.6 is 0 Å². The maximum atomic E-state index is 3.10. The molecule has 0 saturated heterocycles. The molecule has 1 aliphatic rings. The second-order valence-corrected chi connectivity index (χ2v) is 5.94. The lowest BCUT2D eigenvalue weighted by Crippen LogP contribution is -2.26. The first-order valence-corrected chi connectivity index (χ1v) is 6.03. The molecule has 0 heteroatoms. The van der Waals surface area contributed by atoms with Crippen molar-refractivity contribution in [3.8, 4) is 0 Å². The van der Waals surface area contributed by atoms with Crippen molar-refractivity contribution in [1.29, 1.82) is 0 Å². The molecule has 1 radical (unpaired) electrons. The lowest BCUT2D eigenvalue weighted by atomic mass is 9.66. The van der Waals surface area contributed by atoms with Crippen molar-refractivity contribution >= 4 is 0 Å². The second kappa shape index (κ2) is 4.00. The van der Waals surface area contributed by atoms with Crippen LogP contribution in [0.4, 0.5) is 0 Å². The van der Waals surface area contributed by atoms with Gasteiger partial charge in [-0.25, -0.2) is 0 Å². The van der Waals surface area contributed by atoms with E-state index in [0.29, 0.717) is 5.41 Å². The fourth-order valence-corrected chi connectivity index (χ4v) is 3.27. The van der Waals surface area contributed by atoms with E-state index in [4.69, 9.17) is 0 Å². The van der Waals surface area contributed by atoms with E-state index in [-0.39, 0.29) is 0 Å². The van der Waals surface area contributed by atoms with Crippen LogP contribution in [-0.4, -0.2) is 0 Å². The van der Waals surface area contributed by atoms with E-state index in [1.165, 1.54) is 24.8 Å². The zero-order chi connectivity index (χ0) is 10.9. The maximum Gasteiger partial charge on any atom is -0.0154 e. The summed E-state index contributed by atoms with van der Waals surface area (Å²) in [6.07, 6.45) is 4.07. The number of rotatable bonds is 1. The van der Waals surface area contributed by atoms with E-state index in [2.05, 4.69) is 39.0 Å². The van der Waals surface area contributed by atoms with E-state index in [1.807, 2.05) is 12.1 Å². The van der Waals surface area contributed by atoms with Gasteiger partial charge in [0.1, 0.15) is 0 Å². The molecule has 2 atom stereocenters. The molecule has 1 fully saturated rings. The highest BCUT2D eigenvalue weighted by atomic mass is 14.4. The van der Waals surface area contributed by atoms with Crippen molar-refractivity contribution in [2.24, 2.45) is 11.3 Å². The predicted molar refractivity (Wildman–Crippen MR) is 64.8 cm³/mol. The van der Waals surface area contributed by atoms with Gasteiger partial charge >= 0.3 is 0 Å². The van der Waals surface area contributed by atoms with Crippen LogP contribution in [0.3, 0.4) is 0 Å². The predicted octanol–water partition coefficient (Wildman–Crippen LogP) is 4.42. The van der Waals surface area contributed by atoms with Crippen molar-refractivity contribution in [3.05, 3.63) is 35.9 Å². The Morgan fingerprint density at radius 3 is 2.47 bits per heavy atom. The third-order valence-electron chi connectivity index (χ3n) is 3.60. The van der Waals surface area contributed by atoms with Crippen LogP contribution in [0.2, 0.25) is 0 Å². The smallest absolute Gasteiger partial charge is 0.0154 e. The van der Waals surface area contributed by atoms with Crippen LogP contribution in [0.25, 0.3) is 0 Å². The number of hydrogen-bond acceptors (Lipinski definition) is 0. The summed E-state index contributed by atoms with van der Waals surface area (Å²) in [4.78, 5) is 0. The van der Waals surface area contributed by atoms with Crippen LogP contribution in [0, 0.1) is 17.4 Å².